The highest BCUT2D eigenvalue weighted by molar-refractivity contribution is 7.99. The number of thioether (sulfide) groups is 1. The molecule has 0 aliphatic carbocycles. The van der Waals surface area contributed by atoms with E-state index in [4.69, 9.17) is 11.6 Å². The summed E-state index contributed by atoms with van der Waals surface area (Å²) in [4.78, 5) is 30.1. The summed E-state index contributed by atoms with van der Waals surface area (Å²) in [6.45, 7) is 2.18. The number of halogens is 2. The van der Waals surface area contributed by atoms with Gasteiger partial charge in [0.2, 0.25) is 0 Å². The molecule has 0 saturated heterocycles. The molecule has 178 valence electrons. The Morgan fingerprint density at radius 1 is 1.26 bits per heavy atom. The second-order valence-electron chi connectivity index (χ2n) is 8.02. The van der Waals surface area contributed by atoms with Crippen molar-refractivity contribution in [1.82, 2.24) is 14.9 Å². The highest BCUT2D eigenvalue weighted by Gasteiger charge is 2.22. The summed E-state index contributed by atoms with van der Waals surface area (Å²) >= 11 is 7.64. The molecule has 1 atom stereocenters. The van der Waals surface area contributed by atoms with Gasteiger partial charge in [-0.2, -0.15) is 0 Å². The van der Waals surface area contributed by atoms with E-state index in [0.717, 1.165) is 23.6 Å². The van der Waals surface area contributed by atoms with E-state index in [0.29, 0.717) is 22.9 Å². The van der Waals surface area contributed by atoms with Crippen LogP contribution in [-0.4, -0.2) is 39.0 Å². The summed E-state index contributed by atoms with van der Waals surface area (Å²) in [6.07, 6.45) is 4.04. The van der Waals surface area contributed by atoms with Crippen molar-refractivity contribution in [3.05, 3.63) is 69.5 Å². The molecule has 1 aromatic carbocycles. The molecule has 34 heavy (non-hydrogen) atoms. The standard InChI is InChI=1S/C24H24ClFN4O3S/c1-14(31)12-28-22(32)18-13-27-7-6-20(18)29-21-11-17(16-10-15(25)4-5-19(16)26)23(33)30-8-2-3-9-34-24(21)30/h4-7,10-11,13-14,31H,2-3,8-9,12H2,1H3,(H,27,29)(H,28,32). The number of carbonyl (C=O) groups is 1. The number of benzene rings is 1. The lowest BCUT2D eigenvalue weighted by Crippen LogP contribution is -2.31. The first-order chi connectivity index (χ1) is 16.3. The molecule has 4 rings (SSSR count). The lowest BCUT2D eigenvalue weighted by molar-refractivity contribution is 0.0924. The summed E-state index contributed by atoms with van der Waals surface area (Å²) in [5.74, 6) is -0.113. The van der Waals surface area contributed by atoms with E-state index in [1.54, 1.807) is 41.6 Å². The number of fused-ring (bicyclic) bond motifs is 1. The molecule has 1 amide bonds. The molecule has 0 fully saturated rings. The number of hydrogen-bond acceptors (Lipinski definition) is 6. The predicted octanol–water partition coefficient (Wildman–Crippen LogP) is 4.44. The van der Waals surface area contributed by atoms with Gasteiger partial charge in [0.25, 0.3) is 11.5 Å². The minimum absolute atomic E-state index is 0.0946. The van der Waals surface area contributed by atoms with Crippen LogP contribution in [0.2, 0.25) is 5.02 Å². The zero-order chi connectivity index (χ0) is 24.2. The Kier molecular flexibility index (Phi) is 7.55. The topological polar surface area (TPSA) is 96.2 Å². The molecule has 1 unspecified atom stereocenters. The normalized spacial score (nSPS) is 14.1. The minimum Gasteiger partial charge on any atom is -0.392 e. The van der Waals surface area contributed by atoms with Crippen molar-refractivity contribution in [3.8, 4) is 11.1 Å². The molecule has 10 heteroatoms. The van der Waals surface area contributed by atoms with Crippen molar-refractivity contribution in [3.63, 3.8) is 0 Å². The molecule has 0 radical (unpaired) electrons. The van der Waals surface area contributed by atoms with Crippen LogP contribution in [0.5, 0.6) is 0 Å². The van der Waals surface area contributed by atoms with Gasteiger partial charge in [-0.3, -0.25) is 14.6 Å². The minimum atomic E-state index is -0.694. The third-order valence-electron chi connectivity index (χ3n) is 5.37. The first kappa shape index (κ1) is 24.3. The second kappa shape index (κ2) is 10.6. The monoisotopic (exact) mass is 502 g/mol. The first-order valence-electron chi connectivity index (χ1n) is 10.9. The molecule has 2 aromatic heterocycles. The number of nitrogens with zero attached hydrogens (tertiary/aromatic N) is 2. The van der Waals surface area contributed by atoms with Crippen LogP contribution in [0.4, 0.5) is 15.8 Å². The maximum Gasteiger partial charge on any atom is 0.259 e. The Balaban J connectivity index is 1.82. The van der Waals surface area contributed by atoms with Crippen LogP contribution in [0.15, 0.2) is 52.5 Å². The van der Waals surface area contributed by atoms with Crippen molar-refractivity contribution in [2.24, 2.45) is 0 Å². The summed E-state index contributed by atoms with van der Waals surface area (Å²) in [7, 11) is 0. The highest BCUT2D eigenvalue weighted by Crippen LogP contribution is 2.36. The van der Waals surface area contributed by atoms with Crippen LogP contribution in [0.25, 0.3) is 11.1 Å². The van der Waals surface area contributed by atoms with Crippen LogP contribution in [0.1, 0.15) is 30.1 Å². The average molecular weight is 503 g/mol. The molecule has 0 saturated carbocycles. The summed E-state index contributed by atoms with van der Waals surface area (Å²) in [5, 5.41) is 16.5. The Hall–Kier alpha value is -2.88. The van der Waals surface area contributed by atoms with Gasteiger partial charge >= 0.3 is 0 Å². The SMILES string of the molecule is CC(O)CNC(=O)c1cnccc1Nc1cc(-c2cc(Cl)ccc2F)c(=O)n2c1SCCCC2. The van der Waals surface area contributed by atoms with Crippen LogP contribution in [0, 0.1) is 5.82 Å². The number of pyridine rings is 2. The molecular weight excluding hydrogens is 479 g/mol. The van der Waals surface area contributed by atoms with Gasteiger partial charge in [-0.15, -0.1) is 11.8 Å². The zero-order valence-electron chi connectivity index (χ0n) is 18.5. The quantitative estimate of drug-likeness (QED) is 0.461. The number of aliphatic hydroxyl groups is 1. The number of hydrogen-bond donors (Lipinski definition) is 3. The third kappa shape index (κ3) is 5.27. The maximum absolute atomic E-state index is 14.7. The van der Waals surface area contributed by atoms with Crippen LogP contribution in [-0.2, 0) is 6.54 Å². The number of nitrogens with one attached hydrogen (secondary N) is 2. The summed E-state index contributed by atoms with van der Waals surface area (Å²) < 4.78 is 16.4. The third-order valence-corrected chi connectivity index (χ3v) is 6.81. The fourth-order valence-corrected chi connectivity index (χ4v) is 5.01. The Bertz CT molecular complexity index is 1280. The number of carbonyl (C=O) groups excluding carboxylic acids is 1. The number of anilines is 2. The van der Waals surface area contributed by atoms with Gasteiger partial charge in [0.15, 0.2) is 0 Å². The molecule has 3 aromatic rings. The number of aromatic nitrogens is 2. The average Bonchev–Trinajstić information content (AvgIpc) is 3.08. The molecule has 3 N–H and O–H groups in total. The molecular formula is C24H24ClFN4O3S. The lowest BCUT2D eigenvalue weighted by atomic mass is 10.1. The Morgan fingerprint density at radius 3 is 2.88 bits per heavy atom. The van der Waals surface area contributed by atoms with Gasteiger partial charge < -0.3 is 20.3 Å². The van der Waals surface area contributed by atoms with Gasteiger partial charge in [-0.25, -0.2) is 4.39 Å². The molecule has 1 aliphatic heterocycles. The van der Waals surface area contributed by atoms with Crippen molar-refractivity contribution < 1.29 is 14.3 Å². The first-order valence-corrected chi connectivity index (χ1v) is 12.2. The fourth-order valence-electron chi connectivity index (χ4n) is 3.70. The van der Waals surface area contributed by atoms with Crippen molar-refractivity contribution >= 4 is 40.6 Å². The van der Waals surface area contributed by atoms with Crippen molar-refractivity contribution in [2.45, 2.75) is 37.4 Å². The van der Waals surface area contributed by atoms with E-state index in [-0.39, 0.29) is 28.8 Å². The van der Waals surface area contributed by atoms with Crippen LogP contribution in [0.3, 0.4) is 0 Å². The second-order valence-corrected chi connectivity index (χ2v) is 9.54. The molecule has 7 nitrogen and oxygen atoms in total. The summed E-state index contributed by atoms with van der Waals surface area (Å²) in [6, 6.07) is 7.38. The number of aliphatic hydroxyl groups excluding tert-OH is 1. The van der Waals surface area contributed by atoms with Gasteiger partial charge in [-0.05, 0) is 55.9 Å². The van der Waals surface area contributed by atoms with Gasteiger partial charge in [-0.1, -0.05) is 11.6 Å². The smallest absolute Gasteiger partial charge is 0.259 e. The van der Waals surface area contributed by atoms with E-state index in [9.17, 15) is 19.1 Å². The summed E-state index contributed by atoms with van der Waals surface area (Å²) in [5.41, 5.74) is 1.35. The van der Waals surface area contributed by atoms with E-state index in [2.05, 4.69) is 15.6 Å². The predicted molar refractivity (Wildman–Crippen MR) is 133 cm³/mol. The Morgan fingerprint density at radius 2 is 2.09 bits per heavy atom. The van der Waals surface area contributed by atoms with Gasteiger partial charge in [0.05, 0.1) is 28.6 Å². The van der Waals surface area contributed by atoms with Crippen molar-refractivity contribution in [2.75, 3.05) is 17.6 Å². The number of amides is 1. The van der Waals surface area contributed by atoms with E-state index in [1.807, 2.05) is 0 Å². The highest BCUT2D eigenvalue weighted by atomic mass is 35.5. The van der Waals surface area contributed by atoms with E-state index in [1.165, 1.54) is 24.4 Å². The van der Waals surface area contributed by atoms with Crippen LogP contribution < -0.4 is 16.2 Å². The molecule has 1 aliphatic rings. The largest absolute Gasteiger partial charge is 0.392 e. The van der Waals surface area contributed by atoms with Gasteiger partial charge in [0, 0.05) is 36.1 Å². The van der Waals surface area contributed by atoms with E-state index < -0.39 is 17.8 Å². The fraction of sp³-hybridized carbons (Fsp3) is 0.292. The molecule has 0 spiro atoms. The lowest BCUT2D eigenvalue weighted by Gasteiger charge is -2.19. The number of rotatable bonds is 6. The zero-order valence-corrected chi connectivity index (χ0v) is 20.0. The molecule has 0 bridgehead atoms. The van der Waals surface area contributed by atoms with Crippen LogP contribution >= 0.6 is 23.4 Å². The van der Waals surface area contributed by atoms with E-state index >= 15 is 0 Å². The maximum atomic E-state index is 14.7. The Labute approximate surface area is 205 Å². The van der Waals surface area contributed by atoms with Crippen molar-refractivity contribution in [1.29, 1.82) is 0 Å². The van der Waals surface area contributed by atoms with Gasteiger partial charge in [0.1, 0.15) is 10.8 Å². The molecule has 3 heterocycles.